The van der Waals surface area contributed by atoms with Crippen LogP contribution >= 0.6 is 71.0 Å². The van der Waals surface area contributed by atoms with Crippen molar-refractivity contribution in [1.82, 2.24) is 0 Å². The van der Waals surface area contributed by atoms with Crippen LogP contribution in [-0.4, -0.2) is 14.5 Å². The first-order valence-corrected chi connectivity index (χ1v) is 10.8. The Morgan fingerprint density at radius 2 is 1.91 bits per heavy atom. The van der Waals surface area contributed by atoms with Gasteiger partial charge in [-0.15, -0.1) is 0 Å². The lowest BCUT2D eigenvalue weighted by Crippen LogP contribution is -2.71. The lowest BCUT2D eigenvalue weighted by Gasteiger charge is -2.66. The Balaban J connectivity index is 1.90. The Hall–Kier alpha value is 0.710. The number of nitrogens with one attached hydrogen (secondary N) is 1. The normalized spacial score (nSPS) is 34.3. The van der Waals surface area contributed by atoms with E-state index >= 15 is 0 Å². The van der Waals surface area contributed by atoms with Crippen molar-refractivity contribution in [2.24, 2.45) is 16.2 Å². The maximum atomic E-state index is 13.1. The predicted octanol–water partition coefficient (Wildman–Crippen LogP) is 6.62. The van der Waals surface area contributed by atoms with Gasteiger partial charge in [-0.3, -0.25) is 4.79 Å². The first-order chi connectivity index (χ1) is 10.6. The second kappa shape index (κ2) is 5.87. The van der Waals surface area contributed by atoms with Gasteiger partial charge in [0, 0.05) is 15.9 Å². The maximum Gasteiger partial charge on any atom is 0.232 e. The van der Waals surface area contributed by atoms with Crippen LogP contribution in [0.1, 0.15) is 26.7 Å². The first kappa shape index (κ1) is 18.5. The standard InChI is InChI=1S/C16H16Br3Cl2NO/c1-14(2)15(12(18)19)5-6-16(14,11(15)17)13(23)22-8-3-4-9(20)10(21)7-8/h3-4,7,11-12H,5-6H2,1-2H3,(H,22,23). The number of carbonyl (C=O) groups excluding carboxylic acids is 1. The fraction of sp³-hybridized carbons (Fsp3) is 0.562. The Labute approximate surface area is 171 Å². The molecule has 3 aliphatic carbocycles. The molecule has 1 amide bonds. The number of alkyl halides is 3. The van der Waals surface area contributed by atoms with E-state index < -0.39 is 5.41 Å². The van der Waals surface area contributed by atoms with Gasteiger partial charge in [0.25, 0.3) is 0 Å². The van der Waals surface area contributed by atoms with E-state index in [9.17, 15) is 4.79 Å². The molecule has 7 heteroatoms. The summed E-state index contributed by atoms with van der Waals surface area (Å²) in [7, 11) is 0. The summed E-state index contributed by atoms with van der Waals surface area (Å²) in [6.45, 7) is 4.36. The smallest absolute Gasteiger partial charge is 0.232 e. The van der Waals surface area contributed by atoms with Crippen molar-refractivity contribution >= 4 is 82.6 Å². The number of halogens is 5. The van der Waals surface area contributed by atoms with Crippen molar-refractivity contribution in [1.29, 1.82) is 0 Å². The van der Waals surface area contributed by atoms with Gasteiger partial charge in [-0.2, -0.15) is 0 Å². The van der Waals surface area contributed by atoms with Gasteiger partial charge in [0.15, 0.2) is 0 Å². The zero-order chi connectivity index (χ0) is 17.2. The van der Waals surface area contributed by atoms with Gasteiger partial charge in [0.1, 0.15) is 0 Å². The number of benzene rings is 1. The summed E-state index contributed by atoms with van der Waals surface area (Å²) in [5.41, 5.74) is 0.125. The summed E-state index contributed by atoms with van der Waals surface area (Å²) in [6, 6.07) is 5.16. The fourth-order valence-corrected chi connectivity index (χ4v) is 9.73. The molecule has 0 heterocycles. The zero-order valence-corrected chi connectivity index (χ0v) is 18.9. The molecule has 3 saturated carbocycles. The van der Waals surface area contributed by atoms with Crippen LogP contribution in [0.3, 0.4) is 0 Å². The van der Waals surface area contributed by atoms with Crippen molar-refractivity contribution < 1.29 is 4.79 Å². The molecular weight excluding hydrogens is 533 g/mol. The molecule has 0 spiro atoms. The summed E-state index contributed by atoms with van der Waals surface area (Å²) in [4.78, 5) is 13.2. The molecule has 4 rings (SSSR count). The third-order valence-corrected chi connectivity index (χ3v) is 10.0. The summed E-state index contributed by atoms with van der Waals surface area (Å²) in [5.74, 6) is 0.0385. The molecule has 1 aromatic carbocycles. The van der Waals surface area contributed by atoms with Gasteiger partial charge in [-0.25, -0.2) is 0 Å². The minimum Gasteiger partial charge on any atom is -0.326 e. The average Bonchev–Trinajstić information content (AvgIpc) is 2.92. The number of carbonyl (C=O) groups is 1. The van der Waals surface area contributed by atoms with Crippen LogP contribution in [0.2, 0.25) is 10.0 Å². The summed E-state index contributed by atoms with van der Waals surface area (Å²) in [6.07, 6.45) is 1.85. The summed E-state index contributed by atoms with van der Waals surface area (Å²) >= 11 is 23.2. The van der Waals surface area contributed by atoms with Crippen LogP contribution in [0.4, 0.5) is 5.69 Å². The molecular formula is C16H16Br3Cl2NO. The monoisotopic (exact) mass is 545 g/mol. The third kappa shape index (κ3) is 2.19. The molecule has 3 fully saturated rings. The number of rotatable bonds is 3. The summed E-state index contributed by atoms with van der Waals surface area (Å²) < 4.78 is 0.162. The quantitative estimate of drug-likeness (QED) is 0.423. The van der Waals surface area contributed by atoms with E-state index in [1.165, 1.54) is 0 Å². The van der Waals surface area contributed by atoms with Gasteiger partial charge in [0.2, 0.25) is 5.91 Å². The van der Waals surface area contributed by atoms with Gasteiger partial charge in [0.05, 0.1) is 19.2 Å². The van der Waals surface area contributed by atoms with E-state index in [4.69, 9.17) is 23.2 Å². The Morgan fingerprint density at radius 1 is 1.26 bits per heavy atom. The van der Waals surface area contributed by atoms with Crippen molar-refractivity contribution in [2.45, 2.75) is 35.3 Å². The number of hydrogen-bond acceptors (Lipinski definition) is 1. The lowest BCUT2D eigenvalue weighted by molar-refractivity contribution is -0.155. The van der Waals surface area contributed by atoms with Crippen molar-refractivity contribution in [3.05, 3.63) is 28.2 Å². The molecule has 0 aliphatic heterocycles. The van der Waals surface area contributed by atoms with E-state index in [1.54, 1.807) is 18.2 Å². The molecule has 0 aromatic heterocycles. The SMILES string of the molecule is CC1(C)C2(C(=O)Nc3ccc(Cl)c(Cl)c3)CCC1(C(Br)Br)C2Br. The highest BCUT2D eigenvalue weighted by atomic mass is 79.9. The van der Waals surface area contributed by atoms with Gasteiger partial charge in [-0.05, 0) is 36.5 Å². The number of fused-ring (bicyclic) bond motifs is 1. The molecule has 0 saturated heterocycles. The summed E-state index contributed by atoms with van der Waals surface area (Å²) in [5, 5.41) is 3.95. The molecule has 1 aromatic rings. The molecule has 0 radical (unpaired) electrons. The second-order valence-electron chi connectivity index (χ2n) is 6.88. The molecule has 2 bridgehead atoms. The van der Waals surface area contributed by atoms with Crippen molar-refractivity contribution in [3.63, 3.8) is 0 Å². The molecule has 23 heavy (non-hydrogen) atoms. The van der Waals surface area contributed by atoms with Crippen LogP contribution in [0, 0.1) is 16.2 Å². The van der Waals surface area contributed by atoms with Gasteiger partial charge >= 0.3 is 0 Å². The van der Waals surface area contributed by atoms with Crippen molar-refractivity contribution in [3.8, 4) is 0 Å². The maximum absolute atomic E-state index is 13.1. The molecule has 2 nitrogen and oxygen atoms in total. The van der Waals surface area contributed by atoms with E-state index in [1.807, 2.05) is 0 Å². The average molecular weight is 549 g/mol. The molecule has 3 aliphatic rings. The highest BCUT2D eigenvalue weighted by Gasteiger charge is 2.83. The molecule has 1 N–H and O–H groups in total. The molecule has 3 unspecified atom stereocenters. The van der Waals surface area contributed by atoms with Gasteiger partial charge < -0.3 is 5.32 Å². The van der Waals surface area contributed by atoms with Crippen LogP contribution in [0.5, 0.6) is 0 Å². The Kier molecular flexibility index (Phi) is 4.72. The minimum absolute atomic E-state index is 0.0159. The van der Waals surface area contributed by atoms with Crippen LogP contribution in [-0.2, 0) is 4.79 Å². The molecule has 3 atom stereocenters. The van der Waals surface area contributed by atoms with Crippen LogP contribution in [0.25, 0.3) is 0 Å². The predicted molar refractivity (Wildman–Crippen MR) is 107 cm³/mol. The van der Waals surface area contributed by atoms with Crippen LogP contribution < -0.4 is 5.32 Å². The lowest BCUT2D eigenvalue weighted by atomic mass is 9.43. The minimum atomic E-state index is -0.432. The fourth-order valence-electron chi connectivity index (χ4n) is 4.51. The molecule has 126 valence electrons. The largest absolute Gasteiger partial charge is 0.326 e. The van der Waals surface area contributed by atoms with Crippen LogP contribution in [0.15, 0.2) is 18.2 Å². The van der Waals surface area contributed by atoms with Gasteiger partial charge in [-0.1, -0.05) is 84.8 Å². The number of hydrogen-bond donors (Lipinski definition) is 1. The topological polar surface area (TPSA) is 29.1 Å². The van der Waals surface area contributed by atoms with E-state index in [0.717, 1.165) is 12.8 Å². The highest BCUT2D eigenvalue weighted by molar-refractivity contribution is 9.24. The van der Waals surface area contributed by atoms with E-state index in [2.05, 4.69) is 67.0 Å². The number of amides is 1. The number of anilines is 1. The first-order valence-electron chi connectivity index (χ1n) is 7.30. The Bertz CT molecular complexity index is 681. The third-order valence-electron chi connectivity index (χ3n) is 6.07. The van der Waals surface area contributed by atoms with E-state index in [0.29, 0.717) is 15.7 Å². The zero-order valence-electron chi connectivity index (χ0n) is 12.6. The Morgan fingerprint density at radius 3 is 2.39 bits per heavy atom. The van der Waals surface area contributed by atoms with E-state index in [-0.39, 0.29) is 25.3 Å². The second-order valence-corrected chi connectivity index (χ2v) is 11.7. The highest BCUT2D eigenvalue weighted by Crippen LogP contribution is 2.82. The van der Waals surface area contributed by atoms with Crippen molar-refractivity contribution in [2.75, 3.05) is 5.32 Å².